The largest absolute Gasteiger partial charge is 0.493 e. The summed E-state index contributed by atoms with van der Waals surface area (Å²) < 4.78 is 16.1. The van der Waals surface area contributed by atoms with E-state index in [1.807, 2.05) is 30.3 Å². The smallest absolute Gasteiger partial charge is 0.193 e. The highest BCUT2D eigenvalue weighted by molar-refractivity contribution is 14.0. The Kier molecular flexibility index (Phi) is 10.0. The van der Waals surface area contributed by atoms with Crippen LogP contribution in [0.25, 0.3) is 0 Å². The summed E-state index contributed by atoms with van der Waals surface area (Å²) in [6, 6.07) is 9.40. The Morgan fingerprint density at radius 1 is 1.19 bits per heavy atom. The van der Waals surface area contributed by atoms with Crippen molar-refractivity contribution >= 4 is 35.6 Å². The van der Waals surface area contributed by atoms with Crippen LogP contribution in [0.5, 0.6) is 11.5 Å². The number of halogens is 1. The third kappa shape index (κ3) is 6.31. The van der Waals surface area contributed by atoms with Gasteiger partial charge < -0.3 is 24.9 Å². The first-order valence-electron chi connectivity index (χ1n) is 8.69. The molecule has 0 fully saturated rings. The molecule has 0 saturated carbocycles. The summed E-state index contributed by atoms with van der Waals surface area (Å²) in [5, 5.41) is 3.09. The molecule has 27 heavy (non-hydrogen) atoms. The highest BCUT2D eigenvalue weighted by Crippen LogP contribution is 2.29. The van der Waals surface area contributed by atoms with Gasteiger partial charge in [-0.3, -0.25) is 9.89 Å². The number of methoxy groups -OCH3 is 2. The number of nitrogens with two attached hydrogens (primary N) is 1. The van der Waals surface area contributed by atoms with Gasteiger partial charge in [0.25, 0.3) is 0 Å². The van der Waals surface area contributed by atoms with E-state index >= 15 is 0 Å². The number of nitrogens with zero attached hydrogens (tertiary/aromatic N) is 2. The molecule has 1 aromatic carbocycles. The summed E-state index contributed by atoms with van der Waals surface area (Å²) in [4.78, 5) is 6.78. The van der Waals surface area contributed by atoms with Gasteiger partial charge in [-0.1, -0.05) is 13.8 Å². The number of likely N-dealkylation sites (N-methyl/N-ethyl adjacent to an activating group) is 1. The Bertz CT molecular complexity index is 703. The molecule has 2 aromatic rings. The lowest BCUT2D eigenvalue weighted by atomic mass is 10.2. The first-order chi connectivity index (χ1) is 12.6. The fourth-order valence-corrected chi connectivity index (χ4v) is 2.82. The quantitative estimate of drug-likeness (QED) is 0.318. The lowest BCUT2D eigenvalue weighted by Crippen LogP contribution is -2.31. The maximum Gasteiger partial charge on any atom is 0.193 e. The number of rotatable bonds is 9. The highest BCUT2D eigenvalue weighted by Gasteiger charge is 2.20. The number of furan rings is 1. The molecule has 8 heteroatoms. The van der Waals surface area contributed by atoms with Crippen LogP contribution in [0.1, 0.15) is 25.6 Å². The fourth-order valence-electron chi connectivity index (χ4n) is 2.82. The van der Waals surface area contributed by atoms with E-state index < -0.39 is 0 Å². The van der Waals surface area contributed by atoms with Crippen LogP contribution in [0.3, 0.4) is 0 Å². The highest BCUT2D eigenvalue weighted by atomic mass is 127. The number of ether oxygens (including phenoxy) is 2. The van der Waals surface area contributed by atoms with Crippen molar-refractivity contribution in [3.63, 3.8) is 0 Å². The molecule has 1 heterocycles. The lowest BCUT2D eigenvalue weighted by molar-refractivity contribution is 0.198. The summed E-state index contributed by atoms with van der Waals surface area (Å²) in [6.45, 7) is 6.55. The summed E-state index contributed by atoms with van der Waals surface area (Å²) in [5.41, 5.74) is 6.85. The third-order valence-corrected chi connectivity index (χ3v) is 4.22. The van der Waals surface area contributed by atoms with E-state index in [-0.39, 0.29) is 30.0 Å². The minimum absolute atomic E-state index is 0. The Morgan fingerprint density at radius 2 is 1.89 bits per heavy atom. The normalized spacial score (nSPS) is 12.4. The van der Waals surface area contributed by atoms with E-state index in [2.05, 4.69) is 29.1 Å². The van der Waals surface area contributed by atoms with Crippen molar-refractivity contribution in [2.75, 3.05) is 39.2 Å². The molecule has 1 aromatic heterocycles. The predicted molar refractivity (Wildman–Crippen MR) is 119 cm³/mol. The van der Waals surface area contributed by atoms with Crippen LogP contribution in [0.2, 0.25) is 0 Å². The Labute approximate surface area is 177 Å². The van der Waals surface area contributed by atoms with Crippen LogP contribution >= 0.6 is 24.0 Å². The van der Waals surface area contributed by atoms with Gasteiger partial charge in [0.2, 0.25) is 0 Å². The topological polar surface area (TPSA) is 85.2 Å². The minimum Gasteiger partial charge on any atom is -0.493 e. The molecular formula is C19H29IN4O3. The summed E-state index contributed by atoms with van der Waals surface area (Å²) in [6.07, 6.45) is 1.68. The molecule has 0 saturated heterocycles. The molecule has 3 N–H and O–H groups in total. The van der Waals surface area contributed by atoms with Gasteiger partial charge in [0, 0.05) is 11.8 Å². The molecule has 1 atom stereocenters. The van der Waals surface area contributed by atoms with Crippen LogP contribution in [0.4, 0.5) is 5.69 Å². The van der Waals surface area contributed by atoms with Crippen molar-refractivity contribution in [2.45, 2.75) is 19.9 Å². The van der Waals surface area contributed by atoms with Crippen LogP contribution < -0.4 is 20.5 Å². The molecule has 0 aliphatic carbocycles. The SMILES string of the molecule is CCN(CC)C(CN=C(N)Nc1ccc(OC)c(OC)c1)c1ccco1.I. The van der Waals surface area contributed by atoms with Gasteiger partial charge in [0.15, 0.2) is 17.5 Å². The number of hydrogen-bond acceptors (Lipinski definition) is 5. The van der Waals surface area contributed by atoms with Crippen molar-refractivity contribution < 1.29 is 13.9 Å². The van der Waals surface area contributed by atoms with E-state index in [9.17, 15) is 0 Å². The zero-order valence-corrected chi connectivity index (χ0v) is 18.6. The average Bonchev–Trinajstić information content (AvgIpc) is 3.19. The average molecular weight is 488 g/mol. The van der Waals surface area contributed by atoms with Crippen molar-refractivity contribution in [2.24, 2.45) is 10.7 Å². The maximum atomic E-state index is 6.07. The van der Waals surface area contributed by atoms with Gasteiger partial charge in [0.05, 0.1) is 33.1 Å². The van der Waals surface area contributed by atoms with E-state index in [1.165, 1.54) is 0 Å². The Balaban J connectivity index is 0.00000364. The zero-order chi connectivity index (χ0) is 18.9. The molecule has 0 spiro atoms. The summed E-state index contributed by atoms with van der Waals surface area (Å²) >= 11 is 0. The van der Waals surface area contributed by atoms with Crippen LogP contribution in [0.15, 0.2) is 46.0 Å². The molecule has 0 bridgehead atoms. The molecule has 0 aliphatic heterocycles. The van der Waals surface area contributed by atoms with Crippen molar-refractivity contribution in [1.82, 2.24) is 4.90 Å². The van der Waals surface area contributed by atoms with Crippen molar-refractivity contribution in [3.8, 4) is 11.5 Å². The summed E-state index contributed by atoms with van der Waals surface area (Å²) in [7, 11) is 3.19. The monoisotopic (exact) mass is 488 g/mol. The van der Waals surface area contributed by atoms with Crippen molar-refractivity contribution in [1.29, 1.82) is 0 Å². The third-order valence-electron chi connectivity index (χ3n) is 4.22. The fraction of sp³-hybridized carbons (Fsp3) is 0.421. The van der Waals surface area contributed by atoms with Gasteiger partial charge in [-0.2, -0.15) is 0 Å². The second-order valence-electron chi connectivity index (χ2n) is 5.67. The molecule has 0 radical (unpaired) electrons. The van der Waals surface area contributed by atoms with E-state index in [4.69, 9.17) is 19.6 Å². The van der Waals surface area contributed by atoms with Gasteiger partial charge in [-0.25, -0.2) is 0 Å². The van der Waals surface area contributed by atoms with Gasteiger partial charge in [0.1, 0.15) is 5.76 Å². The second kappa shape index (κ2) is 11.7. The van der Waals surface area contributed by atoms with E-state index in [0.717, 1.165) is 24.5 Å². The maximum absolute atomic E-state index is 6.07. The number of hydrogen-bond donors (Lipinski definition) is 2. The van der Waals surface area contributed by atoms with Crippen molar-refractivity contribution in [3.05, 3.63) is 42.4 Å². The summed E-state index contributed by atoms with van der Waals surface area (Å²) in [5.74, 6) is 2.51. The van der Waals surface area contributed by atoms with Crippen LogP contribution in [0, 0.1) is 0 Å². The van der Waals surface area contributed by atoms with Gasteiger partial charge in [-0.15, -0.1) is 24.0 Å². The molecule has 7 nitrogen and oxygen atoms in total. The van der Waals surface area contributed by atoms with Gasteiger partial charge >= 0.3 is 0 Å². The van der Waals surface area contributed by atoms with Crippen LogP contribution in [-0.4, -0.2) is 44.7 Å². The molecule has 2 rings (SSSR count). The standard InChI is InChI=1S/C19H28N4O3.HI/c1-5-23(6-2)15(16-8-7-11-26-16)13-21-19(20)22-14-9-10-17(24-3)18(12-14)25-4;/h7-12,15H,5-6,13H2,1-4H3,(H3,20,21,22);1H. The first kappa shape index (κ1) is 23.1. The zero-order valence-electron chi connectivity index (χ0n) is 16.3. The number of anilines is 1. The van der Waals surface area contributed by atoms with E-state index in [1.54, 1.807) is 20.5 Å². The second-order valence-corrected chi connectivity index (χ2v) is 5.67. The Morgan fingerprint density at radius 3 is 2.44 bits per heavy atom. The first-order valence-corrected chi connectivity index (χ1v) is 8.69. The number of nitrogens with one attached hydrogen (secondary N) is 1. The molecule has 0 amide bonds. The predicted octanol–water partition coefficient (Wildman–Crippen LogP) is 3.72. The number of guanidine groups is 1. The molecular weight excluding hydrogens is 459 g/mol. The lowest BCUT2D eigenvalue weighted by Gasteiger charge is -2.26. The molecule has 0 aliphatic rings. The molecule has 150 valence electrons. The number of benzene rings is 1. The Hall–Kier alpha value is -1.94. The molecule has 1 unspecified atom stereocenters. The number of aliphatic imine (C=N–C) groups is 1. The minimum atomic E-state index is 0. The van der Waals surface area contributed by atoms with Crippen LogP contribution in [-0.2, 0) is 0 Å². The van der Waals surface area contributed by atoms with Gasteiger partial charge in [-0.05, 0) is 37.4 Å². The van der Waals surface area contributed by atoms with E-state index in [0.29, 0.717) is 24.0 Å².